The number of benzene rings is 1. The fraction of sp³-hybridized carbons (Fsp3) is 0.389. The molecular weight excluding hydrogens is 461 g/mol. The molecule has 142 valence electrons. The van der Waals surface area contributed by atoms with E-state index in [-0.39, 0.29) is 36.4 Å². The first kappa shape index (κ1) is 22.4. The fourth-order valence-electron chi connectivity index (χ4n) is 2.27. The van der Waals surface area contributed by atoms with E-state index in [1.165, 1.54) is 5.56 Å². The number of amides is 1. The highest BCUT2D eigenvalue weighted by molar-refractivity contribution is 14.0. The van der Waals surface area contributed by atoms with Crippen LogP contribution in [0.15, 0.2) is 40.7 Å². The van der Waals surface area contributed by atoms with Crippen LogP contribution in [0, 0.1) is 6.92 Å². The normalized spacial score (nSPS) is 10.8. The maximum Gasteiger partial charge on any atom is 0.239 e. The highest BCUT2D eigenvalue weighted by atomic mass is 127. The van der Waals surface area contributed by atoms with E-state index in [2.05, 4.69) is 43.4 Å². The Bertz CT molecular complexity index is 690. The van der Waals surface area contributed by atoms with Crippen LogP contribution in [-0.4, -0.2) is 43.5 Å². The van der Waals surface area contributed by atoms with Crippen LogP contribution >= 0.6 is 35.3 Å². The second-order valence-corrected chi connectivity index (χ2v) is 6.61. The highest BCUT2D eigenvalue weighted by Crippen LogP contribution is 2.07. The number of halogens is 1. The first-order valence-corrected chi connectivity index (χ1v) is 9.21. The summed E-state index contributed by atoms with van der Waals surface area (Å²) in [4.78, 5) is 20.4. The van der Waals surface area contributed by atoms with E-state index >= 15 is 0 Å². The van der Waals surface area contributed by atoms with Gasteiger partial charge in [0.25, 0.3) is 0 Å². The van der Waals surface area contributed by atoms with Gasteiger partial charge in [-0.2, -0.15) is 0 Å². The second kappa shape index (κ2) is 12.6. The standard InChI is InChI=1S/C18H25N5OS.HI/c1-14-23-16(13-25-14)9-11-21-18(19-2)22-12-17(24)20-10-8-15-6-4-3-5-7-15;/h3-7,13H,8-12H2,1-2H3,(H,20,24)(H2,19,21,22);1H. The Hall–Kier alpha value is -1.68. The molecule has 0 spiro atoms. The summed E-state index contributed by atoms with van der Waals surface area (Å²) in [5.74, 6) is 0.569. The van der Waals surface area contributed by atoms with Crippen LogP contribution in [0.4, 0.5) is 0 Å². The van der Waals surface area contributed by atoms with Crippen LogP contribution < -0.4 is 16.0 Å². The number of nitrogens with zero attached hydrogens (tertiary/aromatic N) is 2. The van der Waals surface area contributed by atoms with E-state index in [1.807, 2.05) is 25.1 Å². The molecule has 6 nitrogen and oxygen atoms in total. The number of hydrogen-bond donors (Lipinski definition) is 3. The molecule has 1 aromatic heterocycles. The minimum atomic E-state index is -0.0472. The van der Waals surface area contributed by atoms with Crippen molar-refractivity contribution in [2.45, 2.75) is 19.8 Å². The Balaban J connectivity index is 0.00000338. The Kier molecular flexibility index (Phi) is 10.9. The first-order chi connectivity index (χ1) is 12.2. The maximum atomic E-state index is 11.9. The third-order valence-electron chi connectivity index (χ3n) is 3.56. The molecule has 8 heteroatoms. The van der Waals surface area contributed by atoms with Crippen LogP contribution in [0.5, 0.6) is 0 Å². The first-order valence-electron chi connectivity index (χ1n) is 8.33. The smallest absolute Gasteiger partial charge is 0.239 e. The molecule has 0 aliphatic heterocycles. The van der Waals surface area contributed by atoms with E-state index < -0.39 is 0 Å². The van der Waals surface area contributed by atoms with Gasteiger partial charge in [0.1, 0.15) is 0 Å². The predicted octanol–water partition coefficient (Wildman–Crippen LogP) is 2.14. The summed E-state index contributed by atoms with van der Waals surface area (Å²) in [5.41, 5.74) is 2.29. The molecule has 1 amide bonds. The number of thiazole rings is 1. The lowest BCUT2D eigenvalue weighted by molar-refractivity contribution is -0.119. The summed E-state index contributed by atoms with van der Waals surface area (Å²) in [6.07, 6.45) is 1.65. The van der Waals surface area contributed by atoms with Gasteiger partial charge in [0, 0.05) is 31.9 Å². The number of aryl methyl sites for hydroxylation is 1. The number of aromatic nitrogens is 1. The number of rotatable bonds is 8. The van der Waals surface area contributed by atoms with Crippen molar-refractivity contribution in [1.29, 1.82) is 0 Å². The van der Waals surface area contributed by atoms with Gasteiger partial charge >= 0.3 is 0 Å². The SMILES string of the molecule is CN=C(NCCc1csc(C)n1)NCC(=O)NCCc1ccccc1.I. The fourth-order valence-corrected chi connectivity index (χ4v) is 2.92. The zero-order chi connectivity index (χ0) is 17.9. The lowest BCUT2D eigenvalue weighted by Crippen LogP contribution is -2.44. The summed E-state index contributed by atoms with van der Waals surface area (Å²) in [6, 6.07) is 10.1. The minimum absolute atomic E-state index is 0. The van der Waals surface area contributed by atoms with Crippen molar-refractivity contribution in [1.82, 2.24) is 20.9 Å². The zero-order valence-electron chi connectivity index (χ0n) is 15.1. The molecule has 0 saturated heterocycles. The molecule has 0 unspecified atom stereocenters. The zero-order valence-corrected chi connectivity index (χ0v) is 18.3. The molecule has 2 aromatic rings. The van der Waals surface area contributed by atoms with Gasteiger partial charge in [0.2, 0.25) is 5.91 Å². The number of carbonyl (C=O) groups excluding carboxylic acids is 1. The van der Waals surface area contributed by atoms with E-state index in [0.29, 0.717) is 12.5 Å². The van der Waals surface area contributed by atoms with Crippen molar-refractivity contribution in [3.05, 3.63) is 52.0 Å². The van der Waals surface area contributed by atoms with Crippen molar-refractivity contribution < 1.29 is 4.79 Å². The molecule has 3 N–H and O–H groups in total. The molecule has 0 aliphatic carbocycles. The van der Waals surface area contributed by atoms with E-state index in [1.54, 1.807) is 18.4 Å². The Morgan fingerprint density at radius 2 is 1.85 bits per heavy atom. The van der Waals surface area contributed by atoms with Gasteiger partial charge in [-0.15, -0.1) is 35.3 Å². The molecule has 0 saturated carbocycles. The molecule has 0 fully saturated rings. The van der Waals surface area contributed by atoms with Crippen LogP contribution in [0.3, 0.4) is 0 Å². The van der Waals surface area contributed by atoms with E-state index in [4.69, 9.17) is 0 Å². The average molecular weight is 487 g/mol. The van der Waals surface area contributed by atoms with Crippen LogP contribution in [0.1, 0.15) is 16.3 Å². The third kappa shape index (κ3) is 8.61. The Morgan fingerprint density at radius 3 is 2.50 bits per heavy atom. The Morgan fingerprint density at radius 1 is 1.12 bits per heavy atom. The lowest BCUT2D eigenvalue weighted by atomic mass is 10.1. The van der Waals surface area contributed by atoms with Gasteiger partial charge in [0.05, 0.1) is 17.2 Å². The molecule has 1 aromatic carbocycles. The molecule has 2 rings (SSSR count). The minimum Gasteiger partial charge on any atom is -0.356 e. The average Bonchev–Trinajstić information content (AvgIpc) is 3.04. The van der Waals surface area contributed by atoms with Crippen LogP contribution in [0.2, 0.25) is 0 Å². The number of aliphatic imine (C=N–C) groups is 1. The summed E-state index contributed by atoms with van der Waals surface area (Å²) in [7, 11) is 1.69. The number of carbonyl (C=O) groups is 1. The van der Waals surface area contributed by atoms with Crippen molar-refractivity contribution >= 4 is 47.2 Å². The summed E-state index contributed by atoms with van der Waals surface area (Å²) in [5, 5.41) is 12.2. The molecule has 1 heterocycles. The van der Waals surface area contributed by atoms with Crippen LogP contribution in [-0.2, 0) is 17.6 Å². The maximum absolute atomic E-state index is 11.9. The third-order valence-corrected chi connectivity index (χ3v) is 4.38. The Labute approximate surface area is 175 Å². The van der Waals surface area contributed by atoms with Gasteiger partial charge in [-0.25, -0.2) is 4.98 Å². The van der Waals surface area contributed by atoms with Gasteiger partial charge in [-0.05, 0) is 18.9 Å². The number of guanidine groups is 1. The van der Waals surface area contributed by atoms with Crippen molar-refractivity contribution in [2.24, 2.45) is 4.99 Å². The van der Waals surface area contributed by atoms with E-state index in [9.17, 15) is 4.79 Å². The van der Waals surface area contributed by atoms with E-state index in [0.717, 1.165) is 30.1 Å². The van der Waals surface area contributed by atoms with Crippen LogP contribution in [0.25, 0.3) is 0 Å². The van der Waals surface area contributed by atoms with Crippen molar-refractivity contribution in [3.63, 3.8) is 0 Å². The monoisotopic (exact) mass is 487 g/mol. The molecule has 0 bridgehead atoms. The molecule has 26 heavy (non-hydrogen) atoms. The summed E-state index contributed by atoms with van der Waals surface area (Å²) < 4.78 is 0. The van der Waals surface area contributed by atoms with Crippen molar-refractivity contribution in [3.8, 4) is 0 Å². The van der Waals surface area contributed by atoms with Gasteiger partial charge in [-0.3, -0.25) is 9.79 Å². The van der Waals surface area contributed by atoms with Gasteiger partial charge in [-0.1, -0.05) is 30.3 Å². The van der Waals surface area contributed by atoms with Gasteiger partial charge in [0.15, 0.2) is 5.96 Å². The molecule has 0 radical (unpaired) electrons. The second-order valence-electron chi connectivity index (χ2n) is 5.55. The molecule has 0 aliphatic rings. The van der Waals surface area contributed by atoms with Crippen molar-refractivity contribution in [2.75, 3.05) is 26.7 Å². The predicted molar refractivity (Wildman–Crippen MR) is 118 cm³/mol. The highest BCUT2D eigenvalue weighted by Gasteiger charge is 2.04. The quantitative estimate of drug-likeness (QED) is 0.303. The molecule has 0 atom stereocenters. The summed E-state index contributed by atoms with van der Waals surface area (Å²) in [6.45, 7) is 3.54. The lowest BCUT2D eigenvalue weighted by Gasteiger charge is -2.11. The molecular formula is C18H26IN5OS. The number of nitrogens with one attached hydrogen (secondary N) is 3. The number of hydrogen-bond acceptors (Lipinski definition) is 4. The van der Waals surface area contributed by atoms with Gasteiger partial charge < -0.3 is 16.0 Å². The summed E-state index contributed by atoms with van der Waals surface area (Å²) >= 11 is 1.65. The largest absolute Gasteiger partial charge is 0.356 e. The topological polar surface area (TPSA) is 78.4 Å².